The van der Waals surface area contributed by atoms with Crippen molar-refractivity contribution < 1.29 is 0 Å². The molecular formula is C8H9Cl3Si. The molecule has 0 saturated heterocycles. The highest BCUT2D eigenvalue weighted by Crippen LogP contribution is 2.24. The van der Waals surface area contributed by atoms with Crippen LogP contribution in [0.15, 0.2) is 24.3 Å². The van der Waals surface area contributed by atoms with E-state index in [-0.39, 0.29) is 0 Å². The molecule has 0 aromatic heterocycles. The number of hydrogen-bond donors (Lipinski definition) is 0. The monoisotopic (exact) mass is 238 g/mol. The Morgan fingerprint density at radius 3 is 2.42 bits per heavy atom. The first-order chi connectivity index (χ1) is 5.47. The molecule has 0 amide bonds. The van der Waals surface area contributed by atoms with Crippen molar-refractivity contribution in [3.63, 3.8) is 0 Å². The third kappa shape index (κ3) is 3.81. The normalized spacial score (nSPS) is 11.7. The fourth-order valence-electron chi connectivity index (χ4n) is 1.05. The lowest BCUT2D eigenvalue weighted by atomic mass is 10.2. The summed E-state index contributed by atoms with van der Waals surface area (Å²) in [5.41, 5.74) is 2.32. The van der Waals surface area contributed by atoms with E-state index in [9.17, 15) is 0 Å². The largest absolute Gasteiger partial charge is 0.345 e. The smallest absolute Gasteiger partial charge is 0.126 e. The van der Waals surface area contributed by atoms with Crippen molar-refractivity contribution >= 4 is 39.2 Å². The van der Waals surface area contributed by atoms with E-state index in [1.807, 2.05) is 25.1 Å². The molecule has 0 unspecified atom stereocenters. The van der Waals surface area contributed by atoms with Gasteiger partial charge in [0.05, 0.1) is 0 Å². The first-order valence-corrected chi connectivity index (χ1v) is 8.84. The molecule has 0 fully saturated rings. The fraction of sp³-hybridized carbons (Fsp3) is 0.250. The summed E-state index contributed by atoms with van der Waals surface area (Å²) in [6.45, 7) is 2.03. The van der Waals surface area contributed by atoms with E-state index in [0.717, 1.165) is 5.56 Å². The van der Waals surface area contributed by atoms with E-state index in [0.29, 0.717) is 6.04 Å². The molecule has 0 saturated carbocycles. The minimum Gasteiger partial charge on any atom is -0.126 e. The average molecular weight is 240 g/mol. The van der Waals surface area contributed by atoms with Gasteiger partial charge >= 0.3 is 6.00 Å². The van der Waals surface area contributed by atoms with E-state index < -0.39 is 6.00 Å². The van der Waals surface area contributed by atoms with Gasteiger partial charge in [0.1, 0.15) is 0 Å². The van der Waals surface area contributed by atoms with Crippen molar-refractivity contribution in [2.45, 2.75) is 13.0 Å². The Morgan fingerprint density at radius 1 is 1.25 bits per heavy atom. The molecule has 0 bridgehead atoms. The van der Waals surface area contributed by atoms with Crippen molar-refractivity contribution in [1.82, 2.24) is 0 Å². The van der Waals surface area contributed by atoms with Crippen LogP contribution in [0.25, 0.3) is 0 Å². The van der Waals surface area contributed by atoms with E-state index in [4.69, 9.17) is 33.2 Å². The van der Waals surface area contributed by atoms with Crippen LogP contribution in [0.5, 0.6) is 0 Å². The summed E-state index contributed by atoms with van der Waals surface area (Å²) in [5.74, 6) is 0. The maximum atomic E-state index is 5.79. The van der Waals surface area contributed by atoms with E-state index in [1.165, 1.54) is 5.56 Å². The molecular weight excluding hydrogens is 231 g/mol. The summed E-state index contributed by atoms with van der Waals surface area (Å²) in [6, 6.07) is 6.14. The molecule has 0 N–H and O–H groups in total. The van der Waals surface area contributed by atoms with Gasteiger partial charge in [0.25, 0.3) is 0 Å². The summed E-state index contributed by atoms with van der Waals surface area (Å²) in [4.78, 5) is 0. The molecule has 0 heterocycles. The number of rotatable bonds is 2. The summed E-state index contributed by atoms with van der Waals surface area (Å²) in [5, 5.41) is 0. The minimum absolute atomic E-state index is 0.597. The zero-order chi connectivity index (χ0) is 9.19. The van der Waals surface area contributed by atoms with Crippen molar-refractivity contribution in [3.05, 3.63) is 35.4 Å². The van der Waals surface area contributed by atoms with Crippen molar-refractivity contribution in [2.75, 3.05) is 0 Å². The van der Waals surface area contributed by atoms with Gasteiger partial charge in [-0.15, -0.1) is 33.2 Å². The Labute approximate surface area is 87.6 Å². The number of aryl methyl sites for hydroxylation is 1. The van der Waals surface area contributed by atoms with Crippen molar-refractivity contribution in [2.24, 2.45) is 0 Å². The van der Waals surface area contributed by atoms with Gasteiger partial charge in [-0.1, -0.05) is 29.8 Å². The average Bonchev–Trinajstić information content (AvgIpc) is 1.82. The second-order valence-electron chi connectivity index (χ2n) is 2.78. The Bertz CT molecular complexity index is 267. The predicted molar refractivity (Wildman–Crippen MR) is 58.2 cm³/mol. The third-order valence-electron chi connectivity index (χ3n) is 1.49. The molecule has 0 aliphatic carbocycles. The highest BCUT2D eigenvalue weighted by atomic mass is 35.8. The van der Waals surface area contributed by atoms with Gasteiger partial charge < -0.3 is 0 Å². The van der Waals surface area contributed by atoms with E-state index >= 15 is 0 Å². The predicted octanol–water partition coefficient (Wildman–Crippen LogP) is 3.73. The topological polar surface area (TPSA) is 0 Å². The van der Waals surface area contributed by atoms with Crippen LogP contribution >= 0.6 is 33.2 Å². The molecule has 0 aliphatic heterocycles. The lowest BCUT2D eigenvalue weighted by Gasteiger charge is -2.07. The minimum atomic E-state index is -2.50. The van der Waals surface area contributed by atoms with Crippen molar-refractivity contribution in [1.29, 1.82) is 0 Å². The lowest BCUT2D eigenvalue weighted by Crippen LogP contribution is -2.14. The summed E-state index contributed by atoms with van der Waals surface area (Å²) >= 11 is 17.4. The number of halogens is 3. The van der Waals surface area contributed by atoms with Crippen LogP contribution in [-0.2, 0) is 6.04 Å². The maximum absolute atomic E-state index is 5.79. The van der Waals surface area contributed by atoms with Gasteiger partial charge in [0, 0.05) is 6.04 Å². The summed E-state index contributed by atoms with van der Waals surface area (Å²) < 4.78 is 0. The van der Waals surface area contributed by atoms with Crippen LogP contribution in [0.1, 0.15) is 11.1 Å². The number of benzene rings is 1. The van der Waals surface area contributed by atoms with Gasteiger partial charge in [-0.25, -0.2) is 0 Å². The fourth-order valence-corrected chi connectivity index (χ4v) is 3.13. The molecule has 0 aliphatic rings. The van der Waals surface area contributed by atoms with E-state index in [1.54, 1.807) is 0 Å². The molecule has 12 heavy (non-hydrogen) atoms. The first kappa shape index (κ1) is 10.4. The zero-order valence-electron chi connectivity index (χ0n) is 6.65. The second kappa shape index (κ2) is 4.01. The Kier molecular flexibility index (Phi) is 3.47. The Morgan fingerprint density at radius 2 is 1.92 bits per heavy atom. The summed E-state index contributed by atoms with van der Waals surface area (Å²) in [6.07, 6.45) is 0. The van der Waals surface area contributed by atoms with Gasteiger partial charge in [0.15, 0.2) is 0 Å². The van der Waals surface area contributed by atoms with E-state index in [2.05, 4.69) is 6.07 Å². The van der Waals surface area contributed by atoms with Gasteiger partial charge in [-0.05, 0) is 12.5 Å². The summed E-state index contributed by atoms with van der Waals surface area (Å²) in [7, 11) is 0. The molecule has 0 nitrogen and oxygen atoms in total. The van der Waals surface area contributed by atoms with Gasteiger partial charge in [-0.2, -0.15) is 0 Å². The highest BCUT2D eigenvalue weighted by Gasteiger charge is 2.24. The standard InChI is InChI=1S/C8H9Cl3Si/c1-7-3-2-4-8(5-7)6-12(9,10)11/h2-5H,6H2,1H3. The van der Waals surface area contributed by atoms with Crippen LogP contribution in [0, 0.1) is 6.92 Å². The zero-order valence-corrected chi connectivity index (χ0v) is 9.92. The maximum Gasteiger partial charge on any atom is 0.345 e. The Hall–Kier alpha value is 0.307. The molecule has 1 rings (SSSR count). The third-order valence-corrected chi connectivity index (χ3v) is 3.50. The SMILES string of the molecule is Cc1cccc(C[Si](Cl)(Cl)Cl)c1. The van der Waals surface area contributed by atoms with Gasteiger partial charge in [-0.3, -0.25) is 0 Å². The quantitative estimate of drug-likeness (QED) is 0.545. The highest BCUT2D eigenvalue weighted by molar-refractivity contribution is 7.64. The van der Waals surface area contributed by atoms with Crippen LogP contribution < -0.4 is 0 Å². The van der Waals surface area contributed by atoms with Crippen LogP contribution in [0.2, 0.25) is 0 Å². The Balaban J connectivity index is 2.77. The number of hydrogen-bond acceptors (Lipinski definition) is 0. The van der Waals surface area contributed by atoms with Gasteiger partial charge in [0.2, 0.25) is 0 Å². The van der Waals surface area contributed by atoms with Crippen LogP contribution in [-0.4, -0.2) is 6.00 Å². The van der Waals surface area contributed by atoms with Crippen LogP contribution in [0.4, 0.5) is 0 Å². The molecule has 1 aromatic rings. The molecule has 1 aromatic carbocycles. The lowest BCUT2D eigenvalue weighted by molar-refractivity contribution is 1.33. The molecule has 0 atom stereocenters. The molecule has 0 radical (unpaired) electrons. The second-order valence-corrected chi connectivity index (χ2v) is 11.9. The molecule has 66 valence electrons. The molecule has 0 spiro atoms. The van der Waals surface area contributed by atoms with Crippen LogP contribution in [0.3, 0.4) is 0 Å². The molecule has 4 heteroatoms. The first-order valence-electron chi connectivity index (χ1n) is 3.60. The van der Waals surface area contributed by atoms with Crippen molar-refractivity contribution in [3.8, 4) is 0 Å².